The summed E-state index contributed by atoms with van der Waals surface area (Å²) in [4.78, 5) is 18.5. The lowest BCUT2D eigenvalue weighted by atomic mass is 10.1. The molecule has 0 spiro atoms. The van der Waals surface area contributed by atoms with Crippen LogP contribution in [0.3, 0.4) is 0 Å². The molecule has 0 saturated carbocycles. The summed E-state index contributed by atoms with van der Waals surface area (Å²) in [5.74, 6) is -0.140. The van der Waals surface area contributed by atoms with E-state index in [-0.39, 0.29) is 11.8 Å². The summed E-state index contributed by atoms with van der Waals surface area (Å²) in [6.45, 7) is 2.83. The first kappa shape index (κ1) is 15.2. The molecular formula is C17H20N2O2. The first-order chi connectivity index (χ1) is 10.2. The Bertz CT molecular complexity index is 558. The molecule has 4 heteroatoms. The van der Waals surface area contributed by atoms with Gasteiger partial charge in [0.25, 0.3) is 0 Å². The average Bonchev–Trinajstić information content (AvgIpc) is 2.54. The molecule has 1 aromatic heterocycles. The van der Waals surface area contributed by atoms with E-state index < -0.39 is 0 Å². The fourth-order valence-electron chi connectivity index (χ4n) is 2.17. The summed E-state index contributed by atoms with van der Waals surface area (Å²) in [7, 11) is 1.61. The highest BCUT2D eigenvalue weighted by atomic mass is 16.5. The molecule has 0 unspecified atom stereocenters. The van der Waals surface area contributed by atoms with Gasteiger partial charge < -0.3 is 9.64 Å². The number of benzene rings is 1. The van der Waals surface area contributed by atoms with Gasteiger partial charge in [-0.1, -0.05) is 37.3 Å². The summed E-state index contributed by atoms with van der Waals surface area (Å²) >= 11 is 0. The first-order valence-corrected chi connectivity index (χ1v) is 6.96. The van der Waals surface area contributed by atoms with Crippen LogP contribution in [0.1, 0.15) is 12.5 Å². The molecule has 0 aliphatic carbocycles. The van der Waals surface area contributed by atoms with Crippen LogP contribution >= 0.6 is 0 Å². The Kier molecular flexibility index (Phi) is 5.46. The largest absolute Gasteiger partial charge is 0.384 e. The van der Waals surface area contributed by atoms with Crippen LogP contribution in [0.4, 0.5) is 5.69 Å². The number of ether oxygens (including phenoxy) is 1. The van der Waals surface area contributed by atoms with Gasteiger partial charge in [0.15, 0.2) is 0 Å². The molecule has 0 bridgehead atoms. The number of carbonyl (C=O) groups is 1. The van der Waals surface area contributed by atoms with Crippen molar-refractivity contribution in [3.8, 4) is 0 Å². The Labute approximate surface area is 125 Å². The topological polar surface area (TPSA) is 42.4 Å². The Balaban J connectivity index is 2.24. The third kappa shape index (κ3) is 4.13. The molecule has 4 nitrogen and oxygen atoms in total. The van der Waals surface area contributed by atoms with Crippen LogP contribution in [0.5, 0.6) is 0 Å². The fourth-order valence-corrected chi connectivity index (χ4v) is 2.17. The Morgan fingerprint density at radius 1 is 1.19 bits per heavy atom. The second kappa shape index (κ2) is 7.55. The Morgan fingerprint density at radius 2 is 1.86 bits per heavy atom. The molecule has 2 rings (SSSR count). The zero-order chi connectivity index (χ0) is 15.1. The van der Waals surface area contributed by atoms with Crippen LogP contribution in [0.2, 0.25) is 0 Å². The average molecular weight is 284 g/mol. The molecule has 1 heterocycles. The number of methoxy groups -OCH3 is 1. The van der Waals surface area contributed by atoms with Gasteiger partial charge in [0.1, 0.15) is 0 Å². The normalized spacial score (nSPS) is 11.9. The third-order valence-corrected chi connectivity index (χ3v) is 3.26. The summed E-state index contributed by atoms with van der Waals surface area (Å²) in [5.41, 5.74) is 1.94. The summed E-state index contributed by atoms with van der Waals surface area (Å²) in [6, 6.07) is 13.6. The van der Waals surface area contributed by atoms with Crippen molar-refractivity contribution in [1.82, 2.24) is 4.98 Å². The number of nitrogens with zero attached hydrogens (tertiary/aromatic N) is 2. The van der Waals surface area contributed by atoms with Crippen molar-refractivity contribution in [3.63, 3.8) is 0 Å². The second-order valence-electron chi connectivity index (χ2n) is 4.97. The minimum Gasteiger partial charge on any atom is -0.384 e. The van der Waals surface area contributed by atoms with E-state index in [1.54, 1.807) is 24.4 Å². The molecule has 0 aliphatic rings. The van der Waals surface area contributed by atoms with E-state index in [1.807, 2.05) is 49.4 Å². The van der Waals surface area contributed by atoms with Crippen molar-refractivity contribution in [2.75, 3.05) is 18.6 Å². The molecular weight excluding hydrogens is 264 g/mol. The number of aromatic nitrogens is 1. The highest BCUT2D eigenvalue weighted by molar-refractivity contribution is 5.94. The van der Waals surface area contributed by atoms with Crippen LogP contribution < -0.4 is 4.90 Å². The highest BCUT2D eigenvalue weighted by Gasteiger charge is 2.22. The molecule has 1 amide bonds. The van der Waals surface area contributed by atoms with Gasteiger partial charge in [-0.05, 0) is 17.7 Å². The summed E-state index contributed by atoms with van der Waals surface area (Å²) in [5, 5.41) is 0. The molecule has 0 fully saturated rings. The van der Waals surface area contributed by atoms with Crippen molar-refractivity contribution in [2.45, 2.75) is 13.5 Å². The molecule has 2 aromatic rings. The van der Waals surface area contributed by atoms with Crippen molar-refractivity contribution >= 4 is 11.6 Å². The van der Waals surface area contributed by atoms with Crippen molar-refractivity contribution in [1.29, 1.82) is 0 Å². The van der Waals surface area contributed by atoms with E-state index in [1.165, 1.54) is 0 Å². The predicted octanol–water partition coefficient (Wildman–Crippen LogP) is 2.90. The SMILES string of the molecule is COC[C@@H](C)C(=O)N(Cc1ccccc1)c1ccncc1. The molecule has 0 radical (unpaired) electrons. The van der Waals surface area contributed by atoms with Gasteiger partial charge in [0.2, 0.25) is 5.91 Å². The molecule has 0 aliphatic heterocycles. The lowest BCUT2D eigenvalue weighted by Crippen LogP contribution is -2.36. The minimum atomic E-state index is -0.188. The fraction of sp³-hybridized carbons (Fsp3) is 0.294. The molecule has 1 aromatic carbocycles. The first-order valence-electron chi connectivity index (χ1n) is 6.96. The molecule has 0 N–H and O–H groups in total. The van der Waals surface area contributed by atoms with Crippen molar-refractivity contribution < 1.29 is 9.53 Å². The van der Waals surface area contributed by atoms with Gasteiger partial charge in [0.05, 0.1) is 19.1 Å². The molecule has 21 heavy (non-hydrogen) atoms. The zero-order valence-corrected chi connectivity index (χ0v) is 12.4. The maximum atomic E-state index is 12.7. The number of hydrogen-bond acceptors (Lipinski definition) is 3. The van der Waals surface area contributed by atoms with Crippen LogP contribution in [0.15, 0.2) is 54.9 Å². The number of rotatable bonds is 6. The lowest BCUT2D eigenvalue weighted by Gasteiger charge is -2.25. The molecule has 110 valence electrons. The van der Waals surface area contributed by atoms with Gasteiger partial charge in [0, 0.05) is 25.2 Å². The van der Waals surface area contributed by atoms with Crippen LogP contribution in [0, 0.1) is 5.92 Å². The minimum absolute atomic E-state index is 0.0481. The lowest BCUT2D eigenvalue weighted by molar-refractivity contribution is -0.123. The number of carbonyl (C=O) groups excluding carboxylic acids is 1. The van der Waals surface area contributed by atoms with Gasteiger partial charge in [-0.25, -0.2) is 0 Å². The van der Waals surface area contributed by atoms with Crippen molar-refractivity contribution in [2.24, 2.45) is 5.92 Å². The maximum Gasteiger partial charge on any atom is 0.232 e. The second-order valence-corrected chi connectivity index (χ2v) is 4.97. The van der Waals surface area contributed by atoms with Gasteiger partial charge >= 0.3 is 0 Å². The Hall–Kier alpha value is -2.20. The van der Waals surface area contributed by atoms with Crippen LogP contribution in [-0.4, -0.2) is 24.6 Å². The predicted molar refractivity (Wildman–Crippen MR) is 82.9 cm³/mol. The van der Waals surface area contributed by atoms with E-state index in [4.69, 9.17) is 4.74 Å². The quantitative estimate of drug-likeness (QED) is 0.819. The smallest absolute Gasteiger partial charge is 0.232 e. The monoisotopic (exact) mass is 284 g/mol. The summed E-state index contributed by atoms with van der Waals surface area (Å²) in [6.07, 6.45) is 3.39. The zero-order valence-electron chi connectivity index (χ0n) is 12.4. The van der Waals surface area contributed by atoms with E-state index in [2.05, 4.69) is 4.98 Å². The standard InChI is InChI=1S/C17H20N2O2/c1-14(13-21-2)17(20)19(16-8-10-18-11-9-16)12-15-6-4-3-5-7-15/h3-11,14H,12-13H2,1-2H3/t14-/m1/s1. The van der Waals surface area contributed by atoms with Crippen LogP contribution in [0.25, 0.3) is 0 Å². The summed E-state index contributed by atoms with van der Waals surface area (Å²) < 4.78 is 5.10. The molecule has 0 saturated heterocycles. The highest BCUT2D eigenvalue weighted by Crippen LogP contribution is 2.19. The van der Waals surface area contributed by atoms with Crippen LogP contribution in [-0.2, 0) is 16.1 Å². The van der Waals surface area contributed by atoms with E-state index >= 15 is 0 Å². The van der Waals surface area contributed by atoms with E-state index in [9.17, 15) is 4.79 Å². The van der Waals surface area contributed by atoms with Gasteiger partial charge in [-0.3, -0.25) is 9.78 Å². The number of hydrogen-bond donors (Lipinski definition) is 0. The van der Waals surface area contributed by atoms with E-state index in [0.717, 1.165) is 11.3 Å². The molecule has 1 atom stereocenters. The van der Waals surface area contributed by atoms with E-state index in [0.29, 0.717) is 13.2 Å². The van der Waals surface area contributed by atoms with Gasteiger partial charge in [-0.15, -0.1) is 0 Å². The maximum absolute atomic E-state index is 12.7. The number of amides is 1. The Morgan fingerprint density at radius 3 is 2.48 bits per heavy atom. The number of anilines is 1. The van der Waals surface area contributed by atoms with Gasteiger partial charge in [-0.2, -0.15) is 0 Å². The third-order valence-electron chi connectivity index (χ3n) is 3.26. The number of pyridine rings is 1. The van der Waals surface area contributed by atoms with Crippen molar-refractivity contribution in [3.05, 3.63) is 60.4 Å².